The van der Waals surface area contributed by atoms with Crippen molar-refractivity contribution in [3.63, 3.8) is 0 Å². The number of ether oxygens (including phenoxy) is 2. The molecule has 3 aromatic rings. The van der Waals surface area contributed by atoms with E-state index in [1.165, 1.54) is 19.1 Å². The van der Waals surface area contributed by atoms with Crippen molar-refractivity contribution >= 4 is 29.1 Å². The molecule has 1 atom stereocenters. The zero-order valence-corrected chi connectivity index (χ0v) is 18.7. The van der Waals surface area contributed by atoms with E-state index in [2.05, 4.69) is 4.98 Å². The Morgan fingerprint density at radius 2 is 1.73 bits per heavy atom. The van der Waals surface area contributed by atoms with Gasteiger partial charge in [0.25, 0.3) is 11.7 Å². The van der Waals surface area contributed by atoms with Crippen LogP contribution < -0.4 is 9.47 Å². The fourth-order valence-corrected chi connectivity index (χ4v) is 3.98. The number of Topliss-reactive ketones (excluding diaryl/α,β-unsaturated/α-hetero) is 1. The monoisotopic (exact) mass is 464 g/mol. The number of carbonyl (C=O) groups excluding carboxylic acids is 2. The highest BCUT2D eigenvalue weighted by Crippen LogP contribution is 2.42. The van der Waals surface area contributed by atoms with Crippen LogP contribution >= 0.6 is 11.6 Å². The fraction of sp³-hybridized carbons (Fsp3) is 0.160. The van der Waals surface area contributed by atoms with E-state index >= 15 is 0 Å². The molecule has 4 rings (SSSR count). The van der Waals surface area contributed by atoms with Gasteiger partial charge >= 0.3 is 0 Å². The molecule has 1 aliphatic heterocycles. The molecule has 1 aliphatic rings. The minimum absolute atomic E-state index is 0.0279. The number of aromatic nitrogens is 1. The number of amides is 1. The Balaban J connectivity index is 1.89. The van der Waals surface area contributed by atoms with Crippen LogP contribution in [0.5, 0.6) is 11.5 Å². The third kappa shape index (κ3) is 4.27. The number of likely N-dealkylation sites (tertiary alicyclic amines) is 1. The van der Waals surface area contributed by atoms with Gasteiger partial charge in [0.2, 0.25) is 0 Å². The Kier molecular flexibility index (Phi) is 6.33. The van der Waals surface area contributed by atoms with Crippen molar-refractivity contribution in [2.24, 2.45) is 0 Å². The second kappa shape index (κ2) is 9.34. The third-order valence-corrected chi connectivity index (χ3v) is 5.74. The second-order valence-corrected chi connectivity index (χ2v) is 7.84. The van der Waals surface area contributed by atoms with E-state index in [0.29, 0.717) is 22.1 Å². The lowest BCUT2D eigenvalue weighted by molar-refractivity contribution is -0.140. The van der Waals surface area contributed by atoms with Gasteiger partial charge in [-0.1, -0.05) is 23.7 Å². The van der Waals surface area contributed by atoms with Gasteiger partial charge in [0.05, 0.1) is 31.4 Å². The maximum atomic E-state index is 13.2. The van der Waals surface area contributed by atoms with E-state index in [0.717, 1.165) is 5.56 Å². The number of rotatable bonds is 6. The van der Waals surface area contributed by atoms with Crippen LogP contribution in [0.4, 0.5) is 0 Å². The summed E-state index contributed by atoms with van der Waals surface area (Å²) in [7, 11) is 2.96. The van der Waals surface area contributed by atoms with Gasteiger partial charge in [0.1, 0.15) is 17.3 Å². The summed E-state index contributed by atoms with van der Waals surface area (Å²) in [6.07, 6.45) is 3.23. The normalized spacial score (nSPS) is 17.3. The Labute approximate surface area is 195 Å². The van der Waals surface area contributed by atoms with Crippen molar-refractivity contribution in [1.82, 2.24) is 9.88 Å². The molecule has 0 bridgehead atoms. The van der Waals surface area contributed by atoms with Crippen LogP contribution in [0.25, 0.3) is 5.76 Å². The topological polar surface area (TPSA) is 89.0 Å². The molecule has 7 nitrogen and oxygen atoms in total. The number of hydrogen-bond acceptors (Lipinski definition) is 6. The van der Waals surface area contributed by atoms with Crippen LogP contribution in [0.1, 0.15) is 22.7 Å². The number of aliphatic hydroxyl groups excluding tert-OH is 1. The molecule has 1 N–H and O–H groups in total. The molecule has 1 amide bonds. The fourth-order valence-electron chi connectivity index (χ4n) is 3.86. The molecule has 2 aromatic carbocycles. The largest absolute Gasteiger partial charge is 0.507 e. The van der Waals surface area contributed by atoms with E-state index < -0.39 is 17.7 Å². The van der Waals surface area contributed by atoms with Crippen molar-refractivity contribution in [1.29, 1.82) is 0 Å². The lowest BCUT2D eigenvalue weighted by Gasteiger charge is -2.25. The van der Waals surface area contributed by atoms with Gasteiger partial charge in [-0.3, -0.25) is 14.6 Å². The number of benzene rings is 2. The molecule has 168 valence electrons. The average Bonchev–Trinajstić information content (AvgIpc) is 3.09. The number of carbonyl (C=O) groups is 2. The molecule has 2 heterocycles. The first kappa shape index (κ1) is 22.4. The molecule has 8 heteroatoms. The number of nitrogens with zero attached hydrogens (tertiary/aromatic N) is 2. The average molecular weight is 465 g/mol. The van der Waals surface area contributed by atoms with Crippen LogP contribution in [0.15, 0.2) is 72.6 Å². The standard InChI is InChI=1S/C25H21ClN2O5/c1-32-18-7-8-19(20(13-18)33-2)23(29)21-22(16-3-5-17(26)6-4-16)28(25(31)24(21)30)14-15-9-11-27-12-10-15/h3-13,22,29H,14H2,1-2H3/b23-21-. The molecule has 0 aliphatic carbocycles. The summed E-state index contributed by atoms with van der Waals surface area (Å²) in [6.45, 7) is 0.164. The van der Waals surface area contributed by atoms with Crippen LogP contribution in [-0.4, -0.2) is 40.9 Å². The van der Waals surface area contributed by atoms with Crippen LogP contribution in [-0.2, 0) is 16.1 Å². The van der Waals surface area contributed by atoms with Crippen LogP contribution in [0.2, 0.25) is 5.02 Å². The zero-order chi connectivity index (χ0) is 23.5. The van der Waals surface area contributed by atoms with E-state index in [-0.39, 0.29) is 23.4 Å². The molecule has 0 spiro atoms. The van der Waals surface area contributed by atoms with E-state index in [9.17, 15) is 14.7 Å². The molecule has 1 saturated heterocycles. The first-order valence-corrected chi connectivity index (χ1v) is 10.5. The summed E-state index contributed by atoms with van der Waals surface area (Å²) < 4.78 is 10.6. The molecular formula is C25H21ClN2O5. The van der Waals surface area contributed by atoms with Crippen LogP contribution in [0.3, 0.4) is 0 Å². The Morgan fingerprint density at radius 1 is 1.03 bits per heavy atom. The van der Waals surface area contributed by atoms with E-state index in [1.54, 1.807) is 67.0 Å². The number of aliphatic hydroxyl groups is 1. The molecule has 0 radical (unpaired) electrons. The molecule has 33 heavy (non-hydrogen) atoms. The van der Waals surface area contributed by atoms with Gasteiger partial charge < -0.3 is 19.5 Å². The Morgan fingerprint density at radius 3 is 2.36 bits per heavy atom. The van der Waals surface area contributed by atoms with Crippen molar-refractivity contribution in [2.75, 3.05) is 14.2 Å². The van der Waals surface area contributed by atoms with Gasteiger partial charge in [-0.05, 0) is 47.5 Å². The minimum Gasteiger partial charge on any atom is -0.507 e. The van der Waals surface area contributed by atoms with Gasteiger partial charge in [0, 0.05) is 30.0 Å². The summed E-state index contributed by atoms with van der Waals surface area (Å²) >= 11 is 6.06. The van der Waals surface area contributed by atoms with Crippen molar-refractivity contribution in [2.45, 2.75) is 12.6 Å². The number of methoxy groups -OCH3 is 2. The number of ketones is 1. The SMILES string of the molecule is COc1ccc(/C(O)=C2/C(=O)C(=O)N(Cc3ccncc3)C2c2ccc(Cl)cc2)c(OC)c1. The highest BCUT2D eigenvalue weighted by Gasteiger charge is 2.46. The summed E-state index contributed by atoms with van der Waals surface area (Å²) in [6, 6.07) is 14.4. The highest BCUT2D eigenvalue weighted by atomic mass is 35.5. The molecule has 1 aromatic heterocycles. The zero-order valence-electron chi connectivity index (χ0n) is 18.0. The first-order valence-electron chi connectivity index (χ1n) is 10.1. The Hall–Kier alpha value is -3.84. The molecular weight excluding hydrogens is 444 g/mol. The number of hydrogen-bond donors (Lipinski definition) is 1. The molecule has 1 fully saturated rings. The van der Waals surface area contributed by atoms with Crippen molar-refractivity contribution in [3.05, 3.63) is 94.3 Å². The quantitative estimate of drug-likeness (QED) is 0.331. The van der Waals surface area contributed by atoms with Gasteiger partial charge in [-0.2, -0.15) is 0 Å². The predicted molar refractivity (Wildman–Crippen MR) is 123 cm³/mol. The summed E-state index contributed by atoms with van der Waals surface area (Å²) in [5, 5.41) is 11.8. The van der Waals surface area contributed by atoms with Crippen LogP contribution in [0, 0.1) is 0 Å². The molecule has 0 saturated carbocycles. The van der Waals surface area contributed by atoms with E-state index in [4.69, 9.17) is 21.1 Å². The summed E-state index contributed by atoms with van der Waals surface area (Å²) in [5.41, 5.74) is 1.69. The van der Waals surface area contributed by atoms with Gasteiger partial charge in [-0.15, -0.1) is 0 Å². The van der Waals surface area contributed by atoms with Crippen molar-refractivity contribution in [3.8, 4) is 11.5 Å². The molecule has 1 unspecified atom stereocenters. The lowest BCUT2D eigenvalue weighted by Crippen LogP contribution is -2.29. The summed E-state index contributed by atoms with van der Waals surface area (Å²) in [5.74, 6) is -0.983. The minimum atomic E-state index is -0.817. The third-order valence-electron chi connectivity index (χ3n) is 5.49. The van der Waals surface area contributed by atoms with Crippen molar-refractivity contribution < 1.29 is 24.2 Å². The Bertz CT molecular complexity index is 1230. The smallest absolute Gasteiger partial charge is 0.295 e. The van der Waals surface area contributed by atoms with E-state index in [1.807, 2.05) is 0 Å². The lowest BCUT2D eigenvalue weighted by atomic mass is 9.95. The van der Waals surface area contributed by atoms with Gasteiger partial charge in [-0.25, -0.2) is 0 Å². The maximum Gasteiger partial charge on any atom is 0.295 e. The number of halogens is 1. The van der Waals surface area contributed by atoms with Gasteiger partial charge in [0.15, 0.2) is 0 Å². The maximum absolute atomic E-state index is 13.2. The second-order valence-electron chi connectivity index (χ2n) is 7.40. The number of pyridine rings is 1. The predicted octanol–water partition coefficient (Wildman–Crippen LogP) is 4.37. The highest BCUT2D eigenvalue weighted by molar-refractivity contribution is 6.46. The summed E-state index contributed by atoms with van der Waals surface area (Å²) in [4.78, 5) is 31.7. The first-order chi connectivity index (χ1) is 15.9.